The summed E-state index contributed by atoms with van der Waals surface area (Å²) in [4.78, 5) is 25.9. The third kappa shape index (κ3) is 3.18. The molecule has 4 heterocycles. The van der Waals surface area contributed by atoms with Gasteiger partial charge in [-0.25, -0.2) is 4.98 Å². The molecule has 1 amide bonds. The smallest absolute Gasteiger partial charge is 0.272 e. The van der Waals surface area contributed by atoms with Gasteiger partial charge in [0.1, 0.15) is 5.69 Å². The van der Waals surface area contributed by atoms with Crippen molar-refractivity contribution in [1.82, 2.24) is 19.8 Å². The lowest BCUT2D eigenvalue weighted by molar-refractivity contribution is 0.0585. The highest BCUT2D eigenvalue weighted by molar-refractivity contribution is 6.07. The summed E-state index contributed by atoms with van der Waals surface area (Å²) in [5, 5.41) is 2.15. The van der Waals surface area contributed by atoms with Crippen LogP contribution in [0.15, 0.2) is 30.3 Å². The van der Waals surface area contributed by atoms with E-state index in [1.54, 1.807) is 0 Å². The van der Waals surface area contributed by atoms with Gasteiger partial charge in [0.2, 0.25) is 0 Å². The number of rotatable bonds is 2. The zero-order valence-corrected chi connectivity index (χ0v) is 16.6. The van der Waals surface area contributed by atoms with Crippen LogP contribution in [0.4, 0.5) is 0 Å². The van der Waals surface area contributed by atoms with Crippen LogP contribution >= 0.6 is 0 Å². The molecule has 0 unspecified atom stereocenters. The second-order valence-corrected chi connectivity index (χ2v) is 8.37. The summed E-state index contributed by atoms with van der Waals surface area (Å²) >= 11 is 0. The molecule has 0 saturated carbocycles. The first-order valence-corrected chi connectivity index (χ1v) is 10.6. The largest absolute Gasteiger partial charge is 0.357 e. The number of benzene rings is 1. The zero-order chi connectivity index (χ0) is 19.1. The molecule has 0 atom stereocenters. The molecule has 2 fully saturated rings. The molecule has 5 heteroatoms. The molecule has 3 aromatic rings. The van der Waals surface area contributed by atoms with E-state index in [9.17, 15) is 4.79 Å². The molecule has 0 bridgehead atoms. The maximum atomic E-state index is 13.1. The van der Waals surface area contributed by atoms with Gasteiger partial charge in [0, 0.05) is 35.6 Å². The van der Waals surface area contributed by atoms with Gasteiger partial charge in [-0.05, 0) is 57.8 Å². The summed E-state index contributed by atoms with van der Waals surface area (Å²) in [6, 6.07) is 10.9. The number of aromatic amines is 1. The Bertz CT molecular complexity index is 1010. The van der Waals surface area contributed by atoms with E-state index in [1.165, 1.54) is 32.4 Å². The van der Waals surface area contributed by atoms with Crippen LogP contribution in [0.25, 0.3) is 21.8 Å². The van der Waals surface area contributed by atoms with Crippen LogP contribution in [0.2, 0.25) is 0 Å². The monoisotopic (exact) mass is 376 g/mol. The Morgan fingerprint density at radius 1 is 1.00 bits per heavy atom. The topological polar surface area (TPSA) is 52.2 Å². The average molecular weight is 377 g/mol. The molecule has 28 heavy (non-hydrogen) atoms. The molecule has 2 aliphatic rings. The fraction of sp³-hybridized carbons (Fsp3) is 0.478. The van der Waals surface area contributed by atoms with E-state index >= 15 is 0 Å². The number of nitrogens with zero attached hydrogens (tertiary/aromatic N) is 3. The van der Waals surface area contributed by atoms with E-state index < -0.39 is 0 Å². The minimum Gasteiger partial charge on any atom is -0.357 e. The Kier molecular flexibility index (Phi) is 4.55. The molecular weight excluding hydrogens is 348 g/mol. The van der Waals surface area contributed by atoms with Gasteiger partial charge >= 0.3 is 0 Å². The van der Waals surface area contributed by atoms with Gasteiger partial charge < -0.3 is 14.8 Å². The molecule has 2 saturated heterocycles. The molecule has 5 rings (SSSR count). The number of likely N-dealkylation sites (tertiary alicyclic amines) is 2. The fourth-order valence-corrected chi connectivity index (χ4v) is 4.87. The van der Waals surface area contributed by atoms with Crippen LogP contribution in [-0.2, 0) is 0 Å². The molecule has 2 aromatic heterocycles. The van der Waals surface area contributed by atoms with Crippen LogP contribution in [0, 0.1) is 6.92 Å². The second kappa shape index (κ2) is 7.21. The Labute approximate surface area is 165 Å². The quantitative estimate of drug-likeness (QED) is 0.732. The Hall–Kier alpha value is -2.40. The normalized spacial score (nSPS) is 19.5. The van der Waals surface area contributed by atoms with E-state index in [0.717, 1.165) is 53.4 Å². The highest BCUT2D eigenvalue weighted by atomic mass is 16.2. The number of carbonyl (C=O) groups excluding carboxylic acids is 1. The summed E-state index contributed by atoms with van der Waals surface area (Å²) in [6.07, 6.45) is 6.20. The van der Waals surface area contributed by atoms with E-state index in [2.05, 4.69) is 34.1 Å². The van der Waals surface area contributed by atoms with Crippen LogP contribution in [0.5, 0.6) is 0 Å². The first-order valence-electron chi connectivity index (χ1n) is 10.6. The van der Waals surface area contributed by atoms with Crippen molar-refractivity contribution < 1.29 is 4.79 Å². The highest BCUT2D eigenvalue weighted by Crippen LogP contribution is 2.26. The minimum atomic E-state index is 0.0779. The number of piperidine rings is 2. The molecule has 1 aromatic carbocycles. The van der Waals surface area contributed by atoms with Crippen molar-refractivity contribution in [3.05, 3.63) is 41.7 Å². The molecule has 146 valence electrons. The van der Waals surface area contributed by atoms with Crippen molar-refractivity contribution in [2.45, 2.75) is 45.1 Å². The highest BCUT2D eigenvalue weighted by Gasteiger charge is 2.29. The van der Waals surface area contributed by atoms with E-state index in [1.807, 2.05) is 17.9 Å². The average Bonchev–Trinajstić information content (AvgIpc) is 3.19. The third-order valence-electron chi connectivity index (χ3n) is 6.48. The number of amides is 1. The SMILES string of the molecule is Cc1ccc2ccc3cc(C(=O)N4CCC(N5CCCCC5)CC4)nc3c2[nH]1. The van der Waals surface area contributed by atoms with Gasteiger partial charge in [0.15, 0.2) is 0 Å². The van der Waals surface area contributed by atoms with Crippen LogP contribution < -0.4 is 0 Å². The first kappa shape index (κ1) is 17.7. The van der Waals surface area contributed by atoms with Gasteiger partial charge in [-0.1, -0.05) is 24.6 Å². The number of fused-ring (bicyclic) bond motifs is 3. The molecule has 0 aliphatic carbocycles. The molecule has 2 aliphatic heterocycles. The standard InChI is InChI=1S/C23H28N4O/c1-16-5-6-17-7-8-18-15-20(25-22(18)21(17)24-16)23(28)27-13-9-19(10-14-27)26-11-3-2-4-12-26/h5-8,15,19,24H,2-4,9-14H2,1H3. The van der Waals surface area contributed by atoms with Crippen molar-refractivity contribution in [1.29, 1.82) is 0 Å². The Morgan fingerprint density at radius 3 is 2.50 bits per heavy atom. The van der Waals surface area contributed by atoms with E-state index in [4.69, 9.17) is 4.98 Å². The lowest BCUT2D eigenvalue weighted by atomic mass is 10.00. The summed E-state index contributed by atoms with van der Waals surface area (Å²) in [5.74, 6) is 0.0779. The number of carbonyl (C=O) groups is 1. The fourth-order valence-electron chi connectivity index (χ4n) is 4.87. The number of hydrogen-bond donors (Lipinski definition) is 1. The Balaban J connectivity index is 1.35. The van der Waals surface area contributed by atoms with Crippen LogP contribution in [0.3, 0.4) is 0 Å². The summed E-state index contributed by atoms with van der Waals surface area (Å²) in [6.45, 7) is 6.19. The summed E-state index contributed by atoms with van der Waals surface area (Å²) in [5.41, 5.74) is 3.58. The molecule has 0 spiro atoms. The zero-order valence-electron chi connectivity index (χ0n) is 16.6. The maximum absolute atomic E-state index is 13.1. The molecule has 5 nitrogen and oxygen atoms in total. The van der Waals surface area contributed by atoms with Crippen LogP contribution in [0.1, 0.15) is 48.3 Å². The number of nitrogens with one attached hydrogen (secondary N) is 1. The van der Waals surface area contributed by atoms with Gasteiger partial charge in [0.05, 0.1) is 11.0 Å². The van der Waals surface area contributed by atoms with Crippen molar-refractivity contribution in [3.8, 4) is 0 Å². The lowest BCUT2D eigenvalue weighted by Gasteiger charge is -2.40. The van der Waals surface area contributed by atoms with Gasteiger partial charge in [-0.15, -0.1) is 0 Å². The number of H-pyrrole nitrogens is 1. The number of hydrogen-bond acceptors (Lipinski definition) is 3. The molecule has 1 N–H and O–H groups in total. The second-order valence-electron chi connectivity index (χ2n) is 8.37. The summed E-state index contributed by atoms with van der Waals surface area (Å²) in [7, 11) is 0. The number of aryl methyl sites for hydroxylation is 1. The summed E-state index contributed by atoms with van der Waals surface area (Å²) < 4.78 is 0. The predicted molar refractivity (Wildman–Crippen MR) is 113 cm³/mol. The first-order chi connectivity index (χ1) is 13.7. The lowest BCUT2D eigenvalue weighted by Crippen LogP contribution is -2.48. The molecular formula is C23H28N4O. The van der Waals surface area contributed by atoms with Gasteiger partial charge in [-0.2, -0.15) is 0 Å². The van der Waals surface area contributed by atoms with Crippen LogP contribution in [-0.4, -0.2) is 57.9 Å². The van der Waals surface area contributed by atoms with Crippen molar-refractivity contribution in [3.63, 3.8) is 0 Å². The predicted octanol–water partition coefficient (Wildman–Crippen LogP) is 4.12. The van der Waals surface area contributed by atoms with E-state index in [0.29, 0.717) is 11.7 Å². The van der Waals surface area contributed by atoms with Gasteiger partial charge in [0.25, 0.3) is 5.91 Å². The van der Waals surface area contributed by atoms with E-state index in [-0.39, 0.29) is 5.91 Å². The maximum Gasteiger partial charge on any atom is 0.272 e. The number of aromatic nitrogens is 2. The van der Waals surface area contributed by atoms with Crippen molar-refractivity contribution in [2.75, 3.05) is 26.2 Å². The minimum absolute atomic E-state index is 0.0779. The number of pyridine rings is 1. The third-order valence-corrected chi connectivity index (χ3v) is 6.48. The van der Waals surface area contributed by atoms with Crippen molar-refractivity contribution in [2.24, 2.45) is 0 Å². The van der Waals surface area contributed by atoms with Crippen molar-refractivity contribution >= 4 is 27.7 Å². The Morgan fingerprint density at radius 2 is 1.71 bits per heavy atom. The molecule has 0 radical (unpaired) electrons. The van der Waals surface area contributed by atoms with Gasteiger partial charge in [-0.3, -0.25) is 4.79 Å².